The number of nitrogens with one attached hydrogen (secondary N) is 3. The molecule has 3 aromatic rings. The third-order valence-electron chi connectivity index (χ3n) is 4.91. The third-order valence-corrected chi connectivity index (χ3v) is 4.91. The number of carbonyl (C=O) groups excluding carboxylic acids is 3. The minimum atomic E-state index is -0.902. The summed E-state index contributed by atoms with van der Waals surface area (Å²) < 4.78 is 24.1. The number of amides is 3. The summed E-state index contributed by atoms with van der Waals surface area (Å²) in [6.07, 6.45) is 1.35. The summed E-state index contributed by atoms with van der Waals surface area (Å²) >= 11 is 0. The van der Waals surface area contributed by atoms with Crippen LogP contribution in [0.15, 0.2) is 71.8 Å². The lowest BCUT2D eigenvalue weighted by Gasteiger charge is -2.12. The zero-order valence-corrected chi connectivity index (χ0v) is 20.4. The molecule has 0 saturated carbocycles. The Kier molecular flexibility index (Phi) is 9.72. The van der Waals surface area contributed by atoms with E-state index in [4.69, 9.17) is 9.47 Å². The molecule has 0 fully saturated rings. The minimum absolute atomic E-state index is 0.220. The number of carbonyl (C=O) groups is 3. The Hall–Kier alpha value is -4.73. The van der Waals surface area contributed by atoms with Gasteiger partial charge in [-0.15, -0.1) is 0 Å². The molecule has 0 bridgehead atoms. The van der Waals surface area contributed by atoms with Gasteiger partial charge in [0.15, 0.2) is 18.1 Å². The summed E-state index contributed by atoms with van der Waals surface area (Å²) in [7, 11) is 0. The normalized spacial score (nSPS) is 10.6. The first-order chi connectivity index (χ1) is 17.8. The van der Waals surface area contributed by atoms with Crippen molar-refractivity contribution in [3.05, 3.63) is 89.2 Å². The van der Waals surface area contributed by atoms with Crippen molar-refractivity contribution in [1.82, 2.24) is 10.7 Å². The first-order valence-corrected chi connectivity index (χ1v) is 11.5. The summed E-state index contributed by atoms with van der Waals surface area (Å²) in [6.45, 7) is 4.02. The molecule has 3 rings (SSSR count). The highest BCUT2D eigenvalue weighted by molar-refractivity contribution is 6.35. The Labute approximate surface area is 213 Å². The number of halogens is 1. The molecule has 0 aromatic heterocycles. The summed E-state index contributed by atoms with van der Waals surface area (Å²) in [6, 6.07) is 17.8. The number of rotatable bonds is 10. The van der Waals surface area contributed by atoms with E-state index in [-0.39, 0.29) is 13.2 Å². The smallest absolute Gasteiger partial charge is 0.329 e. The van der Waals surface area contributed by atoms with Crippen molar-refractivity contribution in [2.24, 2.45) is 5.10 Å². The van der Waals surface area contributed by atoms with E-state index in [9.17, 15) is 18.8 Å². The molecule has 0 aliphatic heterocycles. The second-order valence-electron chi connectivity index (χ2n) is 7.85. The van der Waals surface area contributed by atoms with Crippen LogP contribution in [0.5, 0.6) is 11.5 Å². The molecule has 0 aliphatic carbocycles. The van der Waals surface area contributed by atoms with Crippen LogP contribution in [0.4, 0.5) is 10.1 Å². The van der Waals surface area contributed by atoms with E-state index < -0.39 is 23.5 Å². The maximum absolute atomic E-state index is 13.0. The van der Waals surface area contributed by atoms with Crippen molar-refractivity contribution < 1.29 is 28.2 Å². The number of hydrogen-bond donors (Lipinski definition) is 3. The van der Waals surface area contributed by atoms with Gasteiger partial charge in [-0.3, -0.25) is 14.4 Å². The van der Waals surface area contributed by atoms with Crippen LogP contribution in [0.25, 0.3) is 0 Å². The van der Waals surface area contributed by atoms with Crippen LogP contribution in [0.1, 0.15) is 23.6 Å². The predicted octanol–water partition coefficient (Wildman–Crippen LogP) is 3.32. The zero-order valence-electron chi connectivity index (χ0n) is 20.4. The molecule has 3 aromatic carbocycles. The van der Waals surface area contributed by atoms with Crippen LogP contribution in [0, 0.1) is 12.7 Å². The van der Waals surface area contributed by atoms with Crippen molar-refractivity contribution in [1.29, 1.82) is 0 Å². The van der Waals surface area contributed by atoms with Gasteiger partial charge in [-0.05, 0) is 67.4 Å². The van der Waals surface area contributed by atoms with Crippen LogP contribution in [-0.2, 0) is 20.9 Å². The lowest BCUT2D eigenvalue weighted by Crippen LogP contribution is -2.37. The minimum Gasteiger partial charge on any atom is -0.490 e. The van der Waals surface area contributed by atoms with E-state index in [1.165, 1.54) is 30.5 Å². The lowest BCUT2D eigenvalue weighted by atomic mass is 10.1. The van der Waals surface area contributed by atoms with Gasteiger partial charge < -0.3 is 20.1 Å². The molecule has 3 amide bonds. The lowest BCUT2D eigenvalue weighted by molar-refractivity contribution is -0.139. The van der Waals surface area contributed by atoms with E-state index in [0.717, 1.165) is 11.1 Å². The standard InChI is InChI=1S/C27H27FN4O5/c1-3-36-24-14-20(8-13-23(24)37-17-25(33)31-22-11-9-21(28)10-12-22)16-30-32-27(35)26(34)29-15-19-6-4-18(2)5-7-19/h4-14,16H,3,15,17H2,1-2H3,(H,29,34)(H,31,33)(H,32,35)/b30-16-. The second kappa shape index (κ2) is 13.4. The van der Waals surface area contributed by atoms with Crippen molar-refractivity contribution in [3.63, 3.8) is 0 Å². The van der Waals surface area contributed by atoms with E-state index in [1.54, 1.807) is 25.1 Å². The Bertz CT molecular complexity index is 1260. The van der Waals surface area contributed by atoms with E-state index in [0.29, 0.717) is 29.4 Å². The predicted molar refractivity (Wildman–Crippen MR) is 137 cm³/mol. The van der Waals surface area contributed by atoms with Gasteiger partial charge in [0.25, 0.3) is 5.91 Å². The molecule has 0 saturated heterocycles. The highest BCUT2D eigenvalue weighted by Crippen LogP contribution is 2.28. The fraction of sp³-hybridized carbons (Fsp3) is 0.185. The fourth-order valence-corrected chi connectivity index (χ4v) is 3.05. The maximum Gasteiger partial charge on any atom is 0.329 e. The van der Waals surface area contributed by atoms with E-state index in [1.807, 2.05) is 31.2 Å². The summed E-state index contributed by atoms with van der Waals surface area (Å²) in [4.78, 5) is 36.1. The number of benzene rings is 3. The number of hydrogen-bond acceptors (Lipinski definition) is 6. The molecule has 0 spiro atoms. The first kappa shape index (κ1) is 26.9. The first-order valence-electron chi connectivity index (χ1n) is 11.5. The second-order valence-corrected chi connectivity index (χ2v) is 7.85. The Balaban J connectivity index is 1.51. The van der Waals surface area contributed by atoms with Crippen LogP contribution < -0.4 is 25.5 Å². The third kappa shape index (κ3) is 8.77. The number of anilines is 1. The molecule has 3 N–H and O–H groups in total. The van der Waals surface area contributed by atoms with Crippen LogP contribution in [-0.4, -0.2) is 37.1 Å². The molecule has 9 nitrogen and oxygen atoms in total. The highest BCUT2D eigenvalue weighted by Gasteiger charge is 2.12. The maximum atomic E-state index is 13.0. The molecular weight excluding hydrogens is 479 g/mol. The van der Waals surface area contributed by atoms with Crippen molar-refractivity contribution in [3.8, 4) is 11.5 Å². The average molecular weight is 507 g/mol. The molecule has 192 valence electrons. The SMILES string of the molecule is CCOc1cc(/C=N\NC(=O)C(=O)NCc2ccc(C)cc2)ccc1OCC(=O)Nc1ccc(F)cc1. The largest absolute Gasteiger partial charge is 0.490 e. The van der Waals surface area contributed by atoms with E-state index in [2.05, 4.69) is 21.2 Å². The summed E-state index contributed by atoms with van der Waals surface area (Å²) in [5, 5.41) is 8.95. The zero-order chi connectivity index (χ0) is 26.6. The molecular formula is C27H27FN4O5. The molecule has 0 atom stereocenters. The van der Waals surface area contributed by atoms with Crippen molar-refractivity contribution in [2.45, 2.75) is 20.4 Å². The number of nitrogens with zero attached hydrogens (tertiary/aromatic N) is 1. The van der Waals surface area contributed by atoms with Crippen LogP contribution in [0.3, 0.4) is 0 Å². The quantitative estimate of drug-likeness (QED) is 0.222. The number of aryl methyl sites for hydroxylation is 1. The van der Waals surface area contributed by atoms with Gasteiger partial charge in [0.1, 0.15) is 5.82 Å². The molecule has 0 unspecified atom stereocenters. The molecule has 37 heavy (non-hydrogen) atoms. The Morgan fingerprint density at radius 1 is 0.919 bits per heavy atom. The molecule has 10 heteroatoms. The summed E-state index contributed by atoms with van der Waals surface area (Å²) in [5.41, 5.74) is 5.15. The number of ether oxygens (including phenoxy) is 2. The van der Waals surface area contributed by atoms with Gasteiger partial charge in [-0.1, -0.05) is 29.8 Å². The van der Waals surface area contributed by atoms with Gasteiger partial charge in [0.05, 0.1) is 12.8 Å². The fourth-order valence-electron chi connectivity index (χ4n) is 3.05. The average Bonchev–Trinajstić information content (AvgIpc) is 2.89. The molecule has 0 heterocycles. The van der Waals surface area contributed by atoms with Crippen molar-refractivity contribution in [2.75, 3.05) is 18.5 Å². The van der Waals surface area contributed by atoms with Gasteiger partial charge in [0, 0.05) is 12.2 Å². The Morgan fingerprint density at radius 3 is 2.35 bits per heavy atom. The number of hydrazone groups is 1. The van der Waals surface area contributed by atoms with Crippen LogP contribution >= 0.6 is 0 Å². The van der Waals surface area contributed by atoms with Gasteiger partial charge in [-0.2, -0.15) is 5.10 Å². The topological polar surface area (TPSA) is 118 Å². The van der Waals surface area contributed by atoms with Gasteiger partial charge in [0.2, 0.25) is 0 Å². The molecule has 0 aliphatic rings. The van der Waals surface area contributed by atoms with E-state index >= 15 is 0 Å². The highest BCUT2D eigenvalue weighted by atomic mass is 19.1. The monoisotopic (exact) mass is 506 g/mol. The van der Waals surface area contributed by atoms with Gasteiger partial charge in [-0.25, -0.2) is 9.82 Å². The van der Waals surface area contributed by atoms with Crippen LogP contribution in [0.2, 0.25) is 0 Å². The van der Waals surface area contributed by atoms with Gasteiger partial charge >= 0.3 is 11.8 Å². The molecule has 0 radical (unpaired) electrons. The summed E-state index contributed by atoms with van der Waals surface area (Å²) in [5.74, 6) is -1.85. The van der Waals surface area contributed by atoms with Crippen molar-refractivity contribution >= 4 is 29.6 Å². The Morgan fingerprint density at radius 2 is 1.65 bits per heavy atom.